The van der Waals surface area contributed by atoms with E-state index in [9.17, 15) is 14.0 Å². The van der Waals surface area contributed by atoms with Gasteiger partial charge in [0.15, 0.2) is 0 Å². The Morgan fingerprint density at radius 3 is 2.34 bits per heavy atom. The Balaban J connectivity index is 1.37. The summed E-state index contributed by atoms with van der Waals surface area (Å²) in [5.74, 6) is -1.50. The van der Waals surface area contributed by atoms with Crippen molar-refractivity contribution in [2.75, 3.05) is 31.1 Å². The molecule has 1 fully saturated rings. The van der Waals surface area contributed by atoms with Crippen LogP contribution in [0.4, 0.5) is 10.1 Å². The lowest BCUT2D eigenvalue weighted by Crippen LogP contribution is -2.53. The van der Waals surface area contributed by atoms with Crippen LogP contribution in [0, 0.1) is 12.7 Å². The largest absolute Gasteiger partial charge is 0.367 e. The van der Waals surface area contributed by atoms with Gasteiger partial charge in [-0.3, -0.25) is 14.5 Å². The normalized spacial score (nSPS) is 15.9. The molecule has 184 valence electrons. The van der Waals surface area contributed by atoms with Gasteiger partial charge < -0.3 is 15.5 Å². The van der Waals surface area contributed by atoms with Crippen LogP contribution in [0.25, 0.3) is 0 Å². The highest BCUT2D eigenvalue weighted by molar-refractivity contribution is 7.10. The van der Waals surface area contributed by atoms with Crippen molar-refractivity contribution in [1.82, 2.24) is 15.5 Å². The second kappa shape index (κ2) is 11.5. The topological polar surface area (TPSA) is 64.7 Å². The van der Waals surface area contributed by atoms with Crippen LogP contribution in [0.15, 0.2) is 66.0 Å². The van der Waals surface area contributed by atoms with E-state index in [1.807, 2.05) is 55.6 Å². The summed E-state index contributed by atoms with van der Waals surface area (Å²) in [6.07, 6.45) is 0. The van der Waals surface area contributed by atoms with Crippen LogP contribution in [0.3, 0.4) is 0 Å². The summed E-state index contributed by atoms with van der Waals surface area (Å²) in [5.41, 5.74) is 2.70. The van der Waals surface area contributed by atoms with Crippen molar-refractivity contribution in [3.63, 3.8) is 0 Å². The molecule has 2 amide bonds. The molecule has 1 aliphatic rings. The number of para-hydroxylation sites is 1. The Morgan fingerprint density at radius 2 is 1.69 bits per heavy atom. The Morgan fingerprint density at radius 1 is 0.971 bits per heavy atom. The number of aryl methyl sites for hydroxylation is 1. The number of hydrogen-bond donors (Lipinski definition) is 2. The monoisotopic (exact) mass is 494 g/mol. The van der Waals surface area contributed by atoms with Gasteiger partial charge in [0, 0.05) is 43.6 Å². The summed E-state index contributed by atoms with van der Waals surface area (Å²) in [4.78, 5) is 30.6. The van der Waals surface area contributed by atoms with Gasteiger partial charge in [0.2, 0.25) is 0 Å². The first-order valence-electron chi connectivity index (χ1n) is 11.8. The third-order valence-electron chi connectivity index (χ3n) is 6.35. The van der Waals surface area contributed by atoms with Crippen LogP contribution in [0.5, 0.6) is 0 Å². The van der Waals surface area contributed by atoms with Crippen molar-refractivity contribution >= 4 is 28.8 Å². The van der Waals surface area contributed by atoms with Gasteiger partial charge in [-0.15, -0.1) is 11.3 Å². The van der Waals surface area contributed by atoms with E-state index in [0.29, 0.717) is 25.3 Å². The Labute approximate surface area is 209 Å². The van der Waals surface area contributed by atoms with E-state index in [1.165, 1.54) is 6.07 Å². The lowest BCUT2D eigenvalue weighted by Gasteiger charge is -2.42. The van der Waals surface area contributed by atoms with Gasteiger partial charge in [-0.2, -0.15) is 0 Å². The average molecular weight is 495 g/mol. The van der Waals surface area contributed by atoms with Gasteiger partial charge in [0.05, 0.1) is 11.7 Å². The van der Waals surface area contributed by atoms with Crippen molar-refractivity contribution in [2.45, 2.75) is 32.5 Å². The summed E-state index contributed by atoms with van der Waals surface area (Å²) in [6.45, 7) is 7.03. The Hall–Kier alpha value is -3.23. The first kappa shape index (κ1) is 24.9. The van der Waals surface area contributed by atoms with Crippen molar-refractivity contribution < 1.29 is 14.0 Å². The molecule has 1 saturated heterocycles. The molecule has 35 heavy (non-hydrogen) atoms. The van der Waals surface area contributed by atoms with E-state index < -0.39 is 11.8 Å². The molecule has 2 aromatic carbocycles. The zero-order chi connectivity index (χ0) is 24.8. The van der Waals surface area contributed by atoms with Crippen LogP contribution >= 0.6 is 11.3 Å². The van der Waals surface area contributed by atoms with E-state index in [-0.39, 0.29) is 17.9 Å². The van der Waals surface area contributed by atoms with Crippen LogP contribution in [-0.4, -0.2) is 48.9 Å². The van der Waals surface area contributed by atoms with Gasteiger partial charge in [0.25, 0.3) is 0 Å². The number of benzene rings is 2. The number of anilines is 1. The van der Waals surface area contributed by atoms with E-state index in [2.05, 4.69) is 26.5 Å². The molecule has 6 nitrogen and oxygen atoms in total. The summed E-state index contributed by atoms with van der Waals surface area (Å²) in [5, 5.41) is 7.62. The molecule has 2 heterocycles. The maximum absolute atomic E-state index is 14.3. The first-order chi connectivity index (χ1) is 16.9. The maximum atomic E-state index is 14.3. The zero-order valence-corrected chi connectivity index (χ0v) is 20.9. The molecule has 2 N–H and O–H groups in total. The van der Waals surface area contributed by atoms with E-state index in [0.717, 1.165) is 29.1 Å². The number of amides is 2. The zero-order valence-electron chi connectivity index (χ0n) is 20.0. The smallest absolute Gasteiger partial charge is 0.309 e. The average Bonchev–Trinajstić information content (AvgIpc) is 3.39. The third kappa shape index (κ3) is 6.26. The molecule has 3 aromatic rings. The minimum atomic E-state index is -0.647. The SMILES string of the molecule is Cc1ccc(CNC(=O)C(=O)N[C@@H](C)[C@@H](c2cccs2)N2CCN(c3ccccc3F)CC2)cc1. The number of hydrogen-bond acceptors (Lipinski definition) is 5. The highest BCUT2D eigenvalue weighted by Crippen LogP contribution is 2.30. The molecule has 8 heteroatoms. The number of thiophene rings is 1. The number of carbonyl (C=O) groups excluding carboxylic acids is 2. The molecule has 1 aromatic heterocycles. The van der Waals surface area contributed by atoms with Gasteiger partial charge >= 0.3 is 11.8 Å². The van der Waals surface area contributed by atoms with E-state index >= 15 is 0 Å². The molecule has 2 atom stereocenters. The predicted octanol–water partition coefficient (Wildman–Crippen LogP) is 3.88. The van der Waals surface area contributed by atoms with Crippen molar-refractivity contribution in [3.8, 4) is 0 Å². The fourth-order valence-corrected chi connectivity index (χ4v) is 5.44. The summed E-state index contributed by atoms with van der Waals surface area (Å²) < 4.78 is 14.3. The van der Waals surface area contributed by atoms with Crippen LogP contribution in [0.1, 0.15) is 29.0 Å². The quantitative estimate of drug-likeness (QED) is 0.490. The van der Waals surface area contributed by atoms with E-state index in [1.54, 1.807) is 23.5 Å². The molecule has 0 bridgehead atoms. The Kier molecular flexibility index (Phi) is 8.15. The van der Waals surface area contributed by atoms with Crippen molar-refractivity contribution in [1.29, 1.82) is 0 Å². The highest BCUT2D eigenvalue weighted by atomic mass is 32.1. The fraction of sp³-hybridized carbons (Fsp3) is 0.333. The van der Waals surface area contributed by atoms with Crippen LogP contribution in [-0.2, 0) is 16.1 Å². The van der Waals surface area contributed by atoms with Crippen molar-refractivity contribution in [2.24, 2.45) is 0 Å². The summed E-state index contributed by atoms with van der Waals surface area (Å²) in [6, 6.07) is 18.3. The standard InChI is InChI=1S/C27H31FN4O2S/c1-19-9-11-21(12-10-19)18-29-26(33)27(34)30-20(2)25(24-8-5-17-35-24)32-15-13-31(14-16-32)23-7-4-3-6-22(23)28/h3-12,17,20,25H,13-16,18H2,1-2H3,(H,29,33)(H,30,34)/t20-,25-/m0/s1. The molecule has 1 aliphatic heterocycles. The Bertz CT molecular complexity index is 1130. The minimum absolute atomic E-state index is 0.0772. The lowest BCUT2D eigenvalue weighted by molar-refractivity contribution is -0.140. The van der Waals surface area contributed by atoms with Gasteiger partial charge in [0.1, 0.15) is 5.82 Å². The second-order valence-corrected chi connectivity index (χ2v) is 9.84. The first-order valence-corrected chi connectivity index (χ1v) is 12.7. The molecule has 4 rings (SSSR count). The van der Waals surface area contributed by atoms with Crippen LogP contribution < -0.4 is 15.5 Å². The molecular formula is C27H31FN4O2S. The maximum Gasteiger partial charge on any atom is 0.309 e. The van der Waals surface area contributed by atoms with Crippen LogP contribution in [0.2, 0.25) is 0 Å². The number of piperazine rings is 1. The third-order valence-corrected chi connectivity index (χ3v) is 7.29. The van der Waals surface area contributed by atoms with E-state index in [4.69, 9.17) is 0 Å². The fourth-order valence-electron chi connectivity index (χ4n) is 4.47. The molecule has 0 unspecified atom stereocenters. The molecule has 0 aliphatic carbocycles. The van der Waals surface area contributed by atoms with Gasteiger partial charge in [-0.05, 0) is 43.0 Å². The number of halogens is 1. The molecular weight excluding hydrogens is 463 g/mol. The summed E-state index contributed by atoms with van der Waals surface area (Å²) >= 11 is 1.63. The number of rotatable bonds is 7. The summed E-state index contributed by atoms with van der Waals surface area (Å²) in [7, 11) is 0. The second-order valence-electron chi connectivity index (χ2n) is 8.87. The highest BCUT2D eigenvalue weighted by Gasteiger charge is 2.32. The predicted molar refractivity (Wildman–Crippen MR) is 138 cm³/mol. The number of nitrogens with one attached hydrogen (secondary N) is 2. The molecule has 0 spiro atoms. The lowest BCUT2D eigenvalue weighted by atomic mass is 10.0. The number of nitrogens with zero attached hydrogens (tertiary/aromatic N) is 2. The van der Waals surface area contributed by atoms with Gasteiger partial charge in [-0.1, -0.05) is 48.0 Å². The van der Waals surface area contributed by atoms with Crippen molar-refractivity contribution in [3.05, 3.63) is 87.9 Å². The van der Waals surface area contributed by atoms with Gasteiger partial charge in [-0.25, -0.2) is 4.39 Å². The minimum Gasteiger partial charge on any atom is -0.367 e. The molecule has 0 saturated carbocycles. The number of carbonyl (C=O) groups is 2. The molecule has 0 radical (unpaired) electrons.